The quantitative estimate of drug-likeness (QED) is 0.743. The molecule has 3 rings (SSSR count). The van der Waals surface area contributed by atoms with Crippen molar-refractivity contribution >= 4 is 22.8 Å². The summed E-state index contributed by atoms with van der Waals surface area (Å²) in [4.78, 5) is 10.6. The van der Waals surface area contributed by atoms with Crippen LogP contribution in [0.4, 0.5) is 10.6 Å². The van der Waals surface area contributed by atoms with Gasteiger partial charge in [0.15, 0.2) is 5.82 Å². The zero-order valence-electron chi connectivity index (χ0n) is 10.6. The fraction of sp³-hybridized carbons (Fsp3) is 0.0769. The molecule has 0 saturated heterocycles. The predicted octanol–water partition coefficient (Wildman–Crippen LogP) is 2.12. The number of amides is 1. The van der Waals surface area contributed by atoms with E-state index in [1.54, 1.807) is 16.9 Å². The number of benzene rings is 1. The molecule has 0 saturated carbocycles. The molecule has 0 bridgehead atoms. The topological polar surface area (TPSA) is 92.9 Å². The Morgan fingerprint density at radius 2 is 2.10 bits per heavy atom. The molecule has 0 aliphatic carbocycles. The van der Waals surface area contributed by atoms with Crippen LogP contribution in [-0.2, 0) is 7.05 Å². The molecular formula is C13H11N5O2. The van der Waals surface area contributed by atoms with Crippen molar-refractivity contribution in [1.82, 2.24) is 20.0 Å². The van der Waals surface area contributed by atoms with Gasteiger partial charge in [-0.1, -0.05) is 6.07 Å². The van der Waals surface area contributed by atoms with E-state index in [0.717, 1.165) is 16.5 Å². The van der Waals surface area contributed by atoms with E-state index in [1.165, 1.54) is 0 Å². The summed E-state index contributed by atoms with van der Waals surface area (Å²) in [6.45, 7) is 0. The summed E-state index contributed by atoms with van der Waals surface area (Å²) in [6.07, 6.45) is 2.51. The van der Waals surface area contributed by atoms with Crippen molar-refractivity contribution in [2.75, 3.05) is 5.32 Å². The highest BCUT2D eigenvalue weighted by Crippen LogP contribution is 2.23. The Kier molecular flexibility index (Phi) is 2.79. The number of hydrogen-bond acceptors (Lipinski definition) is 4. The largest absolute Gasteiger partial charge is 0.465 e. The van der Waals surface area contributed by atoms with Crippen molar-refractivity contribution in [2.24, 2.45) is 7.05 Å². The Labute approximate surface area is 113 Å². The van der Waals surface area contributed by atoms with Crippen molar-refractivity contribution in [2.45, 2.75) is 0 Å². The molecular weight excluding hydrogens is 258 g/mol. The van der Waals surface area contributed by atoms with Gasteiger partial charge in [0.2, 0.25) is 0 Å². The van der Waals surface area contributed by atoms with Gasteiger partial charge in [-0.15, -0.1) is 10.2 Å². The third-order valence-corrected chi connectivity index (χ3v) is 2.86. The van der Waals surface area contributed by atoms with Crippen LogP contribution in [0.25, 0.3) is 22.0 Å². The van der Waals surface area contributed by atoms with Crippen LogP contribution < -0.4 is 5.32 Å². The van der Waals surface area contributed by atoms with Crippen LogP contribution in [0.2, 0.25) is 0 Å². The Morgan fingerprint density at radius 3 is 2.80 bits per heavy atom. The van der Waals surface area contributed by atoms with Gasteiger partial charge in [0.05, 0.1) is 11.7 Å². The van der Waals surface area contributed by atoms with Gasteiger partial charge < -0.3 is 5.11 Å². The lowest BCUT2D eigenvalue weighted by Crippen LogP contribution is -2.09. The first-order chi connectivity index (χ1) is 9.61. The average Bonchev–Trinajstić information content (AvgIpc) is 2.84. The molecule has 2 N–H and O–H groups in total. The number of aromatic nitrogens is 4. The smallest absolute Gasteiger partial charge is 0.410 e. The molecule has 20 heavy (non-hydrogen) atoms. The second-order valence-corrected chi connectivity index (χ2v) is 4.34. The van der Waals surface area contributed by atoms with Crippen LogP contribution in [0.3, 0.4) is 0 Å². The van der Waals surface area contributed by atoms with Gasteiger partial charge in [-0.25, -0.2) is 4.79 Å². The lowest BCUT2D eigenvalue weighted by Gasteiger charge is -2.03. The van der Waals surface area contributed by atoms with Crippen LogP contribution in [-0.4, -0.2) is 31.2 Å². The molecule has 0 aliphatic rings. The summed E-state index contributed by atoms with van der Waals surface area (Å²) < 4.78 is 1.72. The molecule has 7 nitrogen and oxygen atoms in total. The van der Waals surface area contributed by atoms with Gasteiger partial charge in [-0.2, -0.15) is 5.10 Å². The molecule has 0 unspecified atom stereocenters. The van der Waals surface area contributed by atoms with Crippen molar-refractivity contribution in [1.29, 1.82) is 0 Å². The number of nitrogens with one attached hydrogen (secondary N) is 1. The molecule has 2 aromatic heterocycles. The van der Waals surface area contributed by atoms with E-state index in [2.05, 4.69) is 20.6 Å². The number of carbonyl (C=O) groups is 1. The van der Waals surface area contributed by atoms with Crippen LogP contribution in [0.1, 0.15) is 0 Å². The summed E-state index contributed by atoms with van der Waals surface area (Å²) >= 11 is 0. The van der Waals surface area contributed by atoms with E-state index in [-0.39, 0.29) is 5.82 Å². The molecule has 0 spiro atoms. The Bertz CT molecular complexity index is 796. The molecule has 0 fully saturated rings. The van der Waals surface area contributed by atoms with Crippen molar-refractivity contribution < 1.29 is 9.90 Å². The Hall–Kier alpha value is -2.96. The highest BCUT2D eigenvalue weighted by atomic mass is 16.4. The zero-order chi connectivity index (χ0) is 14.1. The minimum absolute atomic E-state index is 0.202. The van der Waals surface area contributed by atoms with Gasteiger partial charge in [0.25, 0.3) is 0 Å². The van der Waals surface area contributed by atoms with Gasteiger partial charge in [0, 0.05) is 24.2 Å². The number of fused-ring (bicyclic) bond motifs is 1. The van der Waals surface area contributed by atoms with Crippen LogP contribution in [0.15, 0.2) is 36.7 Å². The summed E-state index contributed by atoms with van der Waals surface area (Å²) in [5, 5.41) is 23.6. The van der Waals surface area contributed by atoms with Gasteiger partial charge in [0.1, 0.15) is 0 Å². The summed E-state index contributed by atoms with van der Waals surface area (Å²) in [5.74, 6) is 0.202. The van der Waals surface area contributed by atoms with Crippen LogP contribution >= 0.6 is 0 Å². The molecule has 0 atom stereocenters. The van der Waals surface area contributed by atoms with Gasteiger partial charge >= 0.3 is 6.09 Å². The molecule has 1 aromatic carbocycles. The standard InChI is InChI=1S/C13H11N5O2/c1-18-7-10(6-14-18)8-2-3-11-9(4-8)5-12(17-16-11)15-13(19)20/h2-7H,1H3,(H,15,17)(H,19,20). The summed E-state index contributed by atoms with van der Waals surface area (Å²) in [6, 6.07) is 7.35. The molecule has 100 valence electrons. The highest BCUT2D eigenvalue weighted by molar-refractivity contribution is 5.88. The Morgan fingerprint density at radius 1 is 1.25 bits per heavy atom. The lowest BCUT2D eigenvalue weighted by molar-refractivity contribution is 0.209. The fourth-order valence-corrected chi connectivity index (χ4v) is 1.97. The average molecular weight is 269 g/mol. The zero-order valence-corrected chi connectivity index (χ0v) is 10.6. The third-order valence-electron chi connectivity index (χ3n) is 2.86. The normalized spacial score (nSPS) is 10.7. The maximum atomic E-state index is 10.6. The Balaban J connectivity index is 2.06. The molecule has 2 heterocycles. The number of hydrogen-bond donors (Lipinski definition) is 2. The molecule has 1 amide bonds. The SMILES string of the molecule is Cn1cc(-c2ccc3nnc(NC(=O)O)cc3c2)cn1. The predicted molar refractivity (Wildman–Crippen MR) is 73.4 cm³/mol. The first-order valence-electron chi connectivity index (χ1n) is 5.88. The molecule has 0 radical (unpaired) electrons. The van der Waals surface area contributed by atoms with E-state index >= 15 is 0 Å². The van der Waals surface area contributed by atoms with Gasteiger partial charge in [-0.05, 0) is 23.8 Å². The minimum atomic E-state index is -1.16. The monoisotopic (exact) mass is 269 g/mol. The number of rotatable bonds is 2. The fourth-order valence-electron chi connectivity index (χ4n) is 1.97. The number of aryl methyl sites for hydroxylation is 1. The van der Waals surface area contributed by atoms with E-state index in [4.69, 9.17) is 5.11 Å². The third kappa shape index (κ3) is 2.28. The maximum absolute atomic E-state index is 10.6. The first-order valence-corrected chi connectivity index (χ1v) is 5.88. The second-order valence-electron chi connectivity index (χ2n) is 4.34. The highest BCUT2D eigenvalue weighted by Gasteiger charge is 2.06. The summed E-state index contributed by atoms with van der Waals surface area (Å²) in [5.41, 5.74) is 2.67. The molecule has 7 heteroatoms. The summed E-state index contributed by atoms with van der Waals surface area (Å²) in [7, 11) is 1.85. The van der Waals surface area contributed by atoms with Crippen molar-refractivity contribution in [3.8, 4) is 11.1 Å². The van der Waals surface area contributed by atoms with Crippen molar-refractivity contribution in [3.05, 3.63) is 36.7 Å². The maximum Gasteiger partial charge on any atom is 0.410 e. The second kappa shape index (κ2) is 4.61. The molecule has 3 aromatic rings. The number of anilines is 1. The molecule has 0 aliphatic heterocycles. The number of nitrogens with zero attached hydrogens (tertiary/aromatic N) is 4. The minimum Gasteiger partial charge on any atom is -0.465 e. The first kappa shape index (κ1) is 12.1. The number of carboxylic acid groups (broad SMARTS) is 1. The lowest BCUT2D eigenvalue weighted by atomic mass is 10.1. The van der Waals surface area contributed by atoms with E-state index in [0.29, 0.717) is 5.52 Å². The van der Waals surface area contributed by atoms with Crippen LogP contribution in [0, 0.1) is 0 Å². The van der Waals surface area contributed by atoms with E-state index in [1.807, 2.05) is 31.4 Å². The van der Waals surface area contributed by atoms with Crippen molar-refractivity contribution in [3.63, 3.8) is 0 Å². The van der Waals surface area contributed by atoms with Gasteiger partial charge in [-0.3, -0.25) is 10.00 Å². The van der Waals surface area contributed by atoms with E-state index < -0.39 is 6.09 Å². The van der Waals surface area contributed by atoms with Crippen LogP contribution in [0.5, 0.6) is 0 Å². The van der Waals surface area contributed by atoms with E-state index in [9.17, 15) is 4.79 Å².